The molecule has 6 heteroatoms. The molecule has 1 saturated carbocycles. The van der Waals surface area contributed by atoms with E-state index >= 15 is 0 Å². The molecule has 0 bridgehead atoms. The lowest BCUT2D eigenvalue weighted by Gasteiger charge is -2.40. The van der Waals surface area contributed by atoms with Crippen molar-refractivity contribution in [1.82, 2.24) is 9.55 Å². The minimum atomic E-state index is -0.353. The molecule has 1 N–H and O–H groups in total. The monoisotopic (exact) mass is 449 g/mol. The predicted molar refractivity (Wildman–Crippen MR) is 132 cm³/mol. The Morgan fingerprint density at radius 2 is 1.88 bits per heavy atom. The lowest BCUT2D eigenvalue weighted by molar-refractivity contribution is 0.0601. The standard InChI is InChI=1S/C27H35N3O3/c1-17(2)33-22-10-8-20(9-11-22)28-26-29-23-14-19(25(31)32-6)7-12-24(23)30(26)21-13-18(3)15-27(4,5)16-21/h7-12,14,17-18,21H,13,15-16H2,1-6H3,(H,28,29)/t18-,21+/m0/s1. The van der Waals surface area contributed by atoms with Crippen molar-refractivity contribution in [3.8, 4) is 5.75 Å². The quantitative estimate of drug-likeness (QED) is 0.422. The van der Waals surface area contributed by atoms with Crippen LogP contribution >= 0.6 is 0 Å². The summed E-state index contributed by atoms with van der Waals surface area (Å²) in [7, 11) is 1.40. The summed E-state index contributed by atoms with van der Waals surface area (Å²) in [5.74, 6) is 1.91. The Balaban J connectivity index is 1.75. The molecule has 3 aromatic rings. The van der Waals surface area contributed by atoms with Crippen LogP contribution in [0.15, 0.2) is 42.5 Å². The highest BCUT2D eigenvalue weighted by molar-refractivity contribution is 5.94. The number of aromatic nitrogens is 2. The van der Waals surface area contributed by atoms with Gasteiger partial charge in [0.2, 0.25) is 5.95 Å². The van der Waals surface area contributed by atoms with Gasteiger partial charge in [0.05, 0.1) is 29.8 Å². The van der Waals surface area contributed by atoms with Gasteiger partial charge in [-0.1, -0.05) is 20.8 Å². The molecule has 2 atom stereocenters. The molecule has 1 aromatic heterocycles. The van der Waals surface area contributed by atoms with Crippen LogP contribution in [-0.4, -0.2) is 28.7 Å². The Bertz CT molecular complexity index is 1130. The third kappa shape index (κ3) is 5.15. The number of carbonyl (C=O) groups is 1. The van der Waals surface area contributed by atoms with E-state index in [0.717, 1.165) is 41.3 Å². The third-order valence-electron chi connectivity index (χ3n) is 6.32. The lowest BCUT2D eigenvalue weighted by Crippen LogP contribution is -2.29. The lowest BCUT2D eigenvalue weighted by atomic mass is 9.70. The van der Waals surface area contributed by atoms with Crippen molar-refractivity contribution in [3.05, 3.63) is 48.0 Å². The van der Waals surface area contributed by atoms with Crippen LogP contribution in [0.25, 0.3) is 11.0 Å². The van der Waals surface area contributed by atoms with Gasteiger partial charge in [0, 0.05) is 11.7 Å². The summed E-state index contributed by atoms with van der Waals surface area (Å²) < 4.78 is 13.0. The zero-order valence-electron chi connectivity index (χ0n) is 20.5. The Morgan fingerprint density at radius 3 is 2.52 bits per heavy atom. The molecule has 1 fully saturated rings. The Kier molecular flexibility index (Phi) is 6.37. The van der Waals surface area contributed by atoms with Crippen molar-refractivity contribution < 1.29 is 14.3 Å². The molecule has 176 valence electrons. The number of anilines is 2. The molecular weight excluding hydrogens is 414 g/mol. The number of esters is 1. The Hall–Kier alpha value is -3.02. The van der Waals surface area contributed by atoms with Gasteiger partial charge in [0.15, 0.2) is 0 Å². The van der Waals surface area contributed by atoms with Gasteiger partial charge in [-0.15, -0.1) is 0 Å². The van der Waals surface area contributed by atoms with Crippen LogP contribution in [0.4, 0.5) is 11.6 Å². The maximum absolute atomic E-state index is 12.1. The maximum Gasteiger partial charge on any atom is 0.337 e. The zero-order valence-corrected chi connectivity index (χ0v) is 20.5. The minimum absolute atomic E-state index is 0.133. The van der Waals surface area contributed by atoms with Crippen LogP contribution in [0.3, 0.4) is 0 Å². The first-order chi connectivity index (χ1) is 15.6. The van der Waals surface area contributed by atoms with E-state index in [4.69, 9.17) is 14.5 Å². The van der Waals surface area contributed by atoms with Crippen LogP contribution in [-0.2, 0) is 4.74 Å². The van der Waals surface area contributed by atoms with Crippen molar-refractivity contribution in [2.75, 3.05) is 12.4 Å². The van der Waals surface area contributed by atoms with Gasteiger partial charge in [-0.2, -0.15) is 0 Å². The molecule has 4 rings (SSSR count). The fraction of sp³-hybridized carbons (Fsp3) is 0.481. The highest BCUT2D eigenvalue weighted by Gasteiger charge is 2.34. The molecule has 0 unspecified atom stereocenters. The molecule has 0 amide bonds. The number of nitrogens with zero attached hydrogens (tertiary/aromatic N) is 2. The van der Waals surface area contributed by atoms with Gasteiger partial charge in [-0.3, -0.25) is 0 Å². The van der Waals surface area contributed by atoms with E-state index in [1.807, 2.05) is 56.3 Å². The molecule has 2 aromatic carbocycles. The van der Waals surface area contributed by atoms with Gasteiger partial charge < -0.3 is 19.4 Å². The van der Waals surface area contributed by atoms with Crippen molar-refractivity contribution in [3.63, 3.8) is 0 Å². The SMILES string of the molecule is COC(=O)c1ccc2c(c1)nc(Nc1ccc(OC(C)C)cc1)n2[C@@H]1C[C@H](C)CC(C)(C)C1. The number of methoxy groups -OCH3 is 1. The summed E-state index contributed by atoms with van der Waals surface area (Å²) in [6.45, 7) is 11.1. The fourth-order valence-corrected chi connectivity index (χ4v) is 5.31. The molecule has 1 heterocycles. The van der Waals surface area contributed by atoms with Gasteiger partial charge in [0.1, 0.15) is 5.75 Å². The van der Waals surface area contributed by atoms with E-state index in [0.29, 0.717) is 17.5 Å². The van der Waals surface area contributed by atoms with Crippen LogP contribution in [0.2, 0.25) is 0 Å². The number of fused-ring (bicyclic) bond motifs is 1. The third-order valence-corrected chi connectivity index (χ3v) is 6.32. The maximum atomic E-state index is 12.1. The number of hydrogen-bond acceptors (Lipinski definition) is 5. The molecule has 33 heavy (non-hydrogen) atoms. The summed E-state index contributed by atoms with van der Waals surface area (Å²) in [4.78, 5) is 17.0. The Morgan fingerprint density at radius 1 is 1.15 bits per heavy atom. The summed E-state index contributed by atoms with van der Waals surface area (Å²) in [6, 6.07) is 13.9. The minimum Gasteiger partial charge on any atom is -0.491 e. The van der Waals surface area contributed by atoms with E-state index in [1.54, 1.807) is 0 Å². The molecule has 6 nitrogen and oxygen atoms in total. The number of nitrogens with one attached hydrogen (secondary N) is 1. The number of ether oxygens (including phenoxy) is 2. The van der Waals surface area contributed by atoms with Crippen molar-refractivity contribution in [2.45, 2.75) is 66.0 Å². The second kappa shape index (κ2) is 9.08. The molecule has 0 saturated heterocycles. The summed E-state index contributed by atoms with van der Waals surface area (Å²) in [5, 5.41) is 3.52. The van der Waals surface area contributed by atoms with E-state index in [2.05, 4.69) is 30.7 Å². The van der Waals surface area contributed by atoms with Crippen molar-refractivity contribution in [1.29, 1.82) is 0 Å². The van der Waals surface area contributed by atoms with E-state index < -0.39 is 0 Å². The van der Waals surface area contributed by atoms with Gasteiger partial charge in [-0.05, 0) is 86.9 Å². The van der Waals surface area contributed by atoms with E-state index in [9.17, 15) is 4.79 Å². The van der Waals surface area contributed by atoms with Gasteiger partial charge in [-0.25, -0.2) is 9.78 Å². The Labute approximate surface area is 196 Å². The topological polar surface area (TPSA) is 65.4 Å². The molecule has 1 aliphatic rings. The molecule has 1 aliphatic carbocycles. The zero-order chi connectivity index (χ0) is 23.8. The number of carbonyl (C=O) groups excluding carboxylic acids is 1. The van der Waals surface area contributed by atoms with Gasteiger partial charge >= 0.3 is 5.97 Å². The smallest absolute Gasteiger partial charge is 0.337 e. The molecule has 0 aliphatic heterocycles. The molecule has 0 spiro atoms. The van der Waals surface area contributed by atoms with E-state index in [1.165, 1.54) is 13.5 Å². The number of imidazole rings is 1. The highest BCUT2D eigenvalue weighted by Crippen LogP contribution is 2.46. The normalized spacial score (nSPS) is 20.1. The molecule has 0 radical (unpaired) electrons. The van der Waals surface area contributed by atoms with Crippen LogP contribution in [0.1, 0.15) is 70.3 Å². The highest BCUT2D eigenvalue weighted by atomic mass is 16.5. The number of benzene rings is 2. The van der Waals surface area contributed by atoms with Crippen LogP contribution in [0.5, 0.6) is 5.75 Å². The second-order valence-electron chi connectivity index (χ2n) is 10.4. The van der Waals surface area contributed by atoms with Crippen molar-refractivity contribution >= 4 is 28.6 Å². The van der Waals surface area contributed by atoms with E-state index in [-0.39, 0.29) is 17.5 Å². The fourth-order valence-electron chi connectivity index (χ4n) is 5.31. The first kappa shape index (κ1) is 23.1. The van der Waals surface area contributed by atoms with Gasteiger partial charge in [0.25, 0.3) is 0 Å². The molecular formula is C27H35N3O3. The average Bonchev–Trinajstić information content (AvgIpc) is 3.09. The largest absolute Gasteiger partial charge is 0.491 e. The summed E-state index contributed by atoms with van der Waals surface area (Å²) in [5.41, 5.74) is 3.53. The first-order valence-electron chi connectivity index (χ1n) is 11.8. The summed E-state index contributed by atoms with van der Waals surface area (Å²) in [6.07, 6.45) is 3.54. The predicted octanol–water partition coefficient (Wildman–Crippen LogP) is 6.74. The number of hydrogen-bond donors (Lipinski definition) is 1. The first-order valence-corrected chi connectivity index (χ1v) is 11.8. The summed E-state index contributed by atoms with van der Waals surface area (Å²) >= 11 is 0. The second-order valence-corrected chi connectivity index (χ2v) is 10.4. The average molecular weight is 450 g/mol. The van der Waals surface area contributed by atoms with Crippen LogP contribution < -0.4 is 10.1 Å². The van der Waals surface area contributed by atoms with Crippen molar-refractivity contribution in [2.24, 2.45) is 11.3 Å². The van der Waals surface area contributed by atoms with Crippen LogP contribution in [0, 0.1) is 11.3 Å². The number of rotatable bonds is 6.